The Labute approximate surface area is 109 Å². The first-order valence-electron chi connectivity index (χ1n) is 5.33. The van der Waals surface area contributed by atoms with Crippen molar-refractivity contribution < 1.29 is 4.79 Å². The molecular formula is C11H12ClN5O. The van der Waals surface area contributed by atoms with Gasteiger partial charge in [-0.1, -0.05) is 0 Å². The van der Waals surface area contributed by atoms with Gasteiger partial charge in [0, 0.05) is 25.5 Å². The summed E-state index contributed by atoms with van der Waals surface area (Å²) in [6, 6.07) is 1.72. The third-order valence-corrected chi connectivity index (χ3v) is 2.52. The molecule has 0 unspecified atom stereocenters. The Bertz CT molecular complexity index is 552. The fraction of sp³-hybridized carbons (Fsp3) is 0.273. The third kappa shape index (κ3) is 2.65. The standard InChI is InChI=1S/C11H12ClN5O/c1-7(12)11(18)15-10-5-8(16-17(10)2)9-6-13-3-4-14-9/h3-7H,1-2H3,(H,15,18)/t7-/m1/s1. The smallest absolute Gasteiger partial charge is 0.243 e. The van der Waals surface area contributed by atoms with E-state index >= 15 is 0 Å². The number of carbonyl (C=O) groups is 1. The first kappa shape index (κ1) is 12.5. The number of nitrogens with one attached hydrogen (secondary N) is 1. The maximum atomic E-state index is 11.5. The lowest BCUT2D eigenvalue weighted by Crippen LogP contribution is -2.21. The zero-order valence-electron chi connectivity index (χ0n) is 9.96. The predicted molar refractivity (Wildman–Crippen MR) is 68.2 cm³/mol. The van der Waals surface area contributed by atoms with E-state index in [1.54, 1.807) is 43.3 Å². The molecule has 1 amide bonds. The van der Waals surface area contributed by atoms with E-state index in [0.717, 1.165) is 0 Å². The number of aromatic nitrogens is 4. The first-order valence-corrected chi connectivity index (χ1v) is 5.77. The molecule has 0 aliphatic rings. The van der Waals surface area contributed by atoms with Gasteiger partial charge in [0.1, 0.15) is 22.6 Å². The SMILES string of the molecule is C[C@@H](Cl)C(=O)Nc1cc(-c2cnccn2)nn1C. The van der Waals surface area contributed by atoms with Gasteiger partial charge in [-0.15, -0.1) is 11.6 Å². The van der Waals surface area contributed by atoms with E-state index in [1.165, 1.54) is 0 Å². The highest BCUT2D eigenvalue weighted by Crippen LogP contribution is 2.18. The number of amides is 1. The summed E-state index contributed by atoms with van der Waals surface area (Å²) in [5, 5.41) is 6.33. The molecule has 94 valence electrons. The van der Waals surface area contributed by atoms with Gasteiger partial charge in [0.2, 0.25) is 5.91 Å². The van der Waals surface area contributed by atoms with E-state index in [-0.39, 0.29) is 5.91 Å². The van der Waals surface area contributed by atoms with Crippen molar-refractivity contribution in [2.75, 3.05) is 5.32 Å². The van der Waals surface area contributed by atoms with Crippen LogP contribution in [0.25, 0.3) is 11.4 Å². The number of hydrogen-bond donors (Lipinski definition) is 1. The molecule has 2 heterocycles. The van der Waals surface area contributed by atoms with Gasteiger partial charge in [-0.3, -0.25) is 19.4 Å². The van der Waals surface area contributed by atoms with E-state index < -0.39 is 5.38 Å². The van der Waals surface area contributed by atoms with Crippen molar-refractivity contribution in [1.82, 2.24) is 19.7 Å². The summed E-state index contributed by atoms with van der Waals surface area (Å²) >= 11 is 5.69. The molecule has 2 rings (SSSR count). The highest BCUT2D eigenvalue weighted by molar-refractivity contribution is 6.32. The maximum absolute atomic E-state index is 11.5. The number of aryl methyl sites for hydroxylation is 1. The molecule has 1 atom stereocenters. The van der Waals surface area contributed by atoms with Gasteiger partial charge in [-0.25, -0.2) is 0 Å². The summed E-state index contributed by atoms with van der Waals surface area (Å²) in [6.45, 7) is 1.61. The molecule has 6 nitrogen and oxygen atoms in total. The molecule has 0 aliphatic heterocycles. The van der Waals surface area contributed by atoms with Gasteiger partial charge in [-0.05, 0) is 6.92 Å². The van der Waals surface area contributed by atoms with Crippen LogP contribution in [0.2, 0.25) is 0 Å². The molecule has 0 bridgehead atoms. The third-order valence-electron chi connectivity index (χ3n) is 2.32. The molecule has 1 N–H and O–H groups in total. The quantitative estimate of drug-likeness (QED) is 0.853. The minimum absolute atomic E-state index is 0.273. The normalized spacial score (nSPS) is 12.2. The number of halogens is 1. The van der Waals surface area contributed by atoms with Gasteiger partial charge < -0.3 is 5.32 Å². The van der Waals surface area contributed by atoms with Crippen LogP contribution in [0.4, 0.5) is 5.82 Å². The largest absolute Gasteiger partial charge is 0.310 e. The second kappa shape index (κ2) is 5.14. The minimum Gasteiger partial charge on any atom is -0.310 e. The lowest BCUT2D eigenvalue weighted by molar-refractivity contribution is -0.115. The van der Waals surface area contributed by atoms with E-state index in [0.29, 0.717) is 17.2 Å². The summed E-state index contributed by atoms with van der Waals surface area (Å²) < 4.78 is 1.56. The van der Waals surface area contributed by atoms with Crippen molar-refractivity contribution in [2.45, 2.75) is 12.3 Å². The van der Waals surface area contributed by atoms with Crippen molar-refractivity contribution >= 4 is 23.3 Å². The highest BCUT2D eigenvalue weighted by atomic mass is 35.5. The van der Waals surface area contributed by atoms with Gasteiger partial charge in [0.25, 0.3) is 0 Å². The van der Waals surface area contributed by atoms with Crippen LogP contribution < -0.4 is 5.32 Å². The summed E-state index contributed by atoms with van der Waals surface area (Å²) in [4.78, 5) is 19.6. The molecular weight excluding hydrogens is 254 g/mol. The van der Waals surface area contributed by atoms with E-state index in [4.69, 9.17) is 11.6 Å². The molecule has 0 radical (unpaired) electrons. The topological polar surface area (TPSA) is 72.7 Å². The number of nitrogens with zero attached hydrogens (tertiary/aromatic N) is 4. The summed E-state index contributed by atoms with van der Waals surface area (Å²) in [7, 11) is 1.73. The van der Waals surface area contributed by atoms with Crippen LogP contribution in [0.1, 0.15) is 6.92 Å². The summed E-state index contributed by atoms with van der Waals surface area (Å²) in [5.74, 6) is 0.290. The van der Waals surface area contributed by atoms with Crippen LogP contribution in [0.3, 0.4) is 0 Å². The maximum Gasteiger partial charge on any atom is 0.243 e. The zero-order valence-corrected chi connectivity index (χ0v) is 10.7. The molecule has 2 aromatic heterocycles. The van der Waals surface area contributed by atoms with Crippen molar-refractivity contribution in [2.24, 2.45) is 7.05 Å². The van der Waals surface area contributed by atoms with Crippen LogP contribution in [0.5, 0.6) is 0 Å². The van der Waals surface area contributed by atoms with Gasteiger partial charge in [0.05, 0.1) is 6.20 Å². The fourth-order valence-corrected chi connectivity index (χ4v) is 1.42. The summed E-state index contributed by atoms with van der Waals surface area (Å²) in [5.41, 5.74) is 1.29. The molecule has 0 spiro atoms. The van der Waals surface area contributed by atoms with E-state index in [9.17, 15) is 4.79 Å². The number of hydrogen-bond acceptors (Lipinski definition) is 4. The average Bonchev–Trinajstić information content (AvgIpc) is 2.72. The molecule has 0 saturated heterocycles. The van der Waals surface area contributed by atoms with Gasteiger partial charge >= 0.3 is 0 Å². The van der Waals surface area contributed by atoms with Crippen LogP contribution >= 0.6 is 11.6 Å². The Morgan fingerprint density at radius 1 is 1.44 bits per heavy atom. The molecule has 0 aliphatic carbocycles. The number of alkyl halides is 1. The number of rotatable bonds is 3. The van der Waals surface area contributed by atoms with Gasteiger partial charge in [-0.2, -0.15) is 5.10 Å². The molecule has 2 aromatic rings. The lowest BCUT2D eigenvalue weighted by atomic mass is 10.3. The Balaban J connectivity index is 2.25. The average molecular weight is 266 g/mol. The van der Waals surface area contributed by atoms with E-state index in [1.807, 2.05) is 0 Å². The minimum atomic E-state index is -0.597. The lowest BCUT2D eigenvalue weighted by Gasteiger charge is -2.05. The Morgan fingerprint density at radius 3 is 2.83 bits per heavy atom. The van der Waals surface area contributed by atoms with Crippen LogP contribution in [-0.2, 0) is 11.8 Å². The van der Waals surface area contributed by atoms with Crippen LogP contribution in [0, 0.1) is 0 Å². The second-order valence-electron chi connectivity index (χ2n) is 3.73. The molecule has 7 heteroatoms. The summed E-state index contributed by atoms with van der Waals surface area (Å²) in [6.07, 6.45) is 4.78. The van der Waals surface area contributed by atoms with E-state index in [2.05, 4.69) is 20.4 Å². The molecule has 0 saturated carbocycles. The molecule has 0 fully saturated rings. The number of anilines is 1. The van der Waals surface area contributed by atoms with Crippen molar-refractivity contribution in [3.63, 3.8) is 0 Å². The zero-order chi connectivity index (χ0) is 13.1. The van der Waals surface area contributed by atoms with Crippen LogP contribution in [-0.4, -0.2) is 31.0 Å². The second-order valence-corrected chi connectivity index (χ2v) is 4.39. The Morgan fingerprint density at radius 2 is 2.22 bits per heavy atom. The monoisotopic (exact) mass is 265 g/mol. The van der Waals surface area contributed by atoms with Crippen molar-refractivity contribution in [3.05, 3.63) is 24.7 Å². The molecule has 0 aromatic carbocycles. The Kier molecular flexibility index (Phi) is 3.57. The Hall–Kier alpha value is -1.95. The predicted octanol–water partition coefficient (Wildman–Crippen LogP) is 1.44. The van der Waals surface area contributed by atoms with Crippen LogP contribution in [0.15, 0.2) is 24.7 Å². The highest BCUT2D eigenvalue weighted by Gasteiger charge is 2.13. The van der Waals surface area contributed by atoms with Crippen molar-refractivity contribution in [3.8, 4) is 11.4 Å². The van der Waals surface area contributed by atoms with Crippen molar-refractivity contribution in [1.29, 1.82) is 0 Å². The first-order chi connectivity index (χ1) is 8.58. The molecule has 18 heavy (non-hydrogen) atoms. The van der Waals surface area contributed by atoms with Gasteiger partial charge in [0.15, 0.2) is 0 Å². The number of carbonyl (C=O) groups excluding carboxylic acids is 1. The fourth-order valence-electron chi connectivity index (χ4n) is 1.37.